The highest BCUT2D eigenvalue weighted by Crippen LogP contribution is 2.35. The van der Waals surface area contributed by atoms with Gasteiger partial charge in [0.15, 0.2) is 11.5 Å². The number of rotatable bonds is 11. The number of unbranched alkanes of at least 4 members (excludes halogenated alkanes) is 1. The first-order valence-corrected chi connectivity index (χ1v) is 15.5. The lowest BCUT2D eigenvalue weighted by Crippen LogP contribution is -2.24. The van der Waals surface area contributed by atoms with Crippen LogP contribution in [0.5, 0.6) is 11.5 Å². The molecule has 3 heterocycles. The summed E-state index contributed by atoms with van der Waals surface area (Å²) in [5, 5.41) is 0.861. The van der Waals surface area contributed by atoms with Gasteiger partial charge in [-0.15, -0.1) is 0 Å². The monoisotopic (exact) mass is 596 g/mol. The molecule has 0 fully saturated rings. The third-order valence-corrected chi connectivity index (χ3v) is 8.24. The molecule has 45 heavy (non-hydrogen) atoms. The number of hydrogen-bond acceptors (Lipinski definition) is 7. The summed E-state index contributed by atoms with van der Waals surface area (Å²) in [4.78, 5) is 16.5. The van der Waals surface area contributed by atoms with E-state index in [1.807, 2.05) is 12.1 Å². The second-order valence-corrected chi connectivity index (χ2v) is 11.4. The number of benzene rings is 4. The molecule has 0 aliphatic carbocycles. The van der Waals surface area contributed by atoms with Gasteiger partial charge in [0.1, 0.15) is 18.0 Å². The molecule has 0 spiro atoms. The Balaban J connectivity index is 1.33. The van der Waals surface area contributed by atoms with Crippen LogP contribution >= 0.6 is 0 Å². The maximum absolute atomic E-state index is 6.14. The third-order valence-electron chi connectivity index (χ3n) is 8.24. The van der Waals surface area contributed by atoms with Crippen molar-refractivity contribution in [1.82, 2.24) is 24.4 Å². The van der Waals surface area contributed by atoms with Gasteiger partial charge in [0, 0.05) is 42.7 Å². The summed E-state index contributed by atoms with van der Waals surface area (Å²) in [6.07, 6.45) is 3.68. The number of aromatic nitrogens is 4. The van der Waals surface area contributed by atoms with E-state index in [2.05, 4.69) is 111 Å². The zero-order valence-electron chi connectivity index (χ0n) is 25.4. The molecule has 0 bridgehead atoms. The first-order valence-electron chi connectivity index (χ1n) is 15.5. The van der Waals surface area contributed by atoms with Crippen molar-refractivity contribution >= 4 is 16.7 Å². The Hall–Kier alpha value is -5.21. The molecule has 226 valence electrons. The third kappa shape index (κ3) is 6.10. The predicted octanol–water partition coefficient (Wildman–Crippen LogP) is 7.47. The van der Waals surface area contributed by atoms with Crippen molar-refractivity contribution in [3.8, 4) is 34.1 Å². The Morgan fingerprint density at radius 1 is 0.778 bits per heavy atom. The molecule has 2 aromatic heterocycles. The van der Waals surface area contributed by atoms with E-state index in [0.717, 1.165) is 75.6 Å². The molecule has 0 atom stereocenters. The number of ether oxygens (including phenoxy) is 2. The van der Waals surface area contributed by atoms with Gasteiger partial charge >= 0.3 is 0 Å². The fourth-order valence-electron chi connectivity index (χ4n) is 6.00. The minimum Gasteiger partial charge on any atom is -0.454 e. The summed E-state index contributed by atoms with van der Waals surface area (Å²) in [6.45, 7) is 5.46. The Morgan fingerprint density at radius 3 is 2.27 bits per heavy atom. The number of fused-ring (bicyclic) bond motifs is 2. The van der Waals surface area contributed by atoms with Crippen LogP contribution in [0.4, 0.5) is 5.82 Å². The number of hydrogen-bond donors (Lipinski definition) is 1. The quantitative estimate of drug-likeness (QED) is 0.166. The fraction of sp³-hybridized carbons (Fsp3) is 0.216. The van der Waals surface area contributed by atoms with Crippen LogP contribution in [0.1, 0.15) is 36.6 Å². The molecule has 1 aliphatic rings. The Labute approximate surface area is 263 Å². The zero-order valence-corrected chi connectivity index (χ0v) is 25.4. The van der Waals surface area contributed by atoms with Crippen molar-refractivity contribution in [2.24, 2.45) is 0 Å². The molecule has 0 radical (unpaired) electrons. The second kappa shape index (κ2) is 12.8. The zero-order chi connectivity index (χ0) is 30.6. The average Bonchev–Trinajstić information content (AvgIpc) is 3.69. The van der Waals surface area contributed by atoms with Crippen LogP contribution in [-0.2, 0) is 26.2 Å². The van der Waals surface area contributed by atoms with Crippen molar-refractivity contribution in [3.63, 3.8) is 0 Å². The highest BCUT2D eigenvalue weighted by Gasteiger charge is 2.23. The molecule has 7 rings (SSSR count). The van der Waals surface area contributed by atoms with E-state index in [0.29, 0.717) is 25.5 Å². The van der Waals surface area contributed by atoms with Crippen LogP contribution < -0.4 is 15.2 Å². The maximum atomic E-state index is 6.14. The summed E-state index contributed by atoms with van der Waals surface area (Å²) in [5.41, 5.74) is 13.7. The lowest BCUT2D eigenvalue weighted by molar-refractivity contribution is 0.174. The molecule has 8 nitrogen and oxygen atoms in total. The van der Waals surface area contributed by atoms with E-state index in [1.165, 1.54) is 12.0 Å². The molecule has 0 amide bonds. The summed E-state index contributed by atoms with van der Waals surface area (Å²) < 4.78 is 13.8. The van der Waals surface area contributed by atoms with Gasteiger partial charge in [-0.2, -0.15) is 0 Å². The Bertz CT molecular complexity index is 1920. The minimum atomic E-state index is 0.254. The van der Waals surface area contributed by atoms with E-state index in [9.17, 15) is 0 Å². The summed E-state index contributed by atoms with van der Waals surface area (Å²) in [6, 6.07) is 33.5. The summed E-state index contributed by atoms with van der Waals surface area (Å²) in [7, 11) is 0. The maximum Gasteiger partial charge on any atom is 0.231 e. The van der Waals surface area contributed by atoms with Crippen LogP contribution in [0.3, 0.4) is 0 Å². The van der Waals surface area contributed by atoms with Crippen LogP contribution in [-0.4, -0.2) is 31.2 Å². The molecular weight excluding hydrogens is 560 g/mol. The smallest absolute Gasteiger partial charge is 0.231 e. The number of nitrogen functional groups attached to an aromatic ring is 1. The van der Waals surface area contributed by atoms with Gasteiger partial charge in [-0.25, -0.2) is 15.0 Å². The molecule has 8 heteroatoms. The highest BCUT2D eigenvalue weighted by atomic mass is 16.7. The SMILES string of the molecule is CCCCn1c(-c2ccccc2)nc(-c2ccccc2)c1CN(Cc1ccc2c(c1)OCO2)Cc1ccc2c(N)ncnc2c1. The van der Waals surface area contributed by atoms with Gasteiger partial charge in [-0.1, -0.05) is 86.1 Å². The number of imidazole rings is 1. The molecular formula is C37H36N6O2. The molecule has 4 aromatic carbocycles. The number of anilines is 1. The van der Waals surface area contributed by atoms with Crippen molar-refractivity contribution in [2.45, 2.75) is 45.9 Å². The molecule has 1 aliphatic heterocycles. The highest BCUT2D eigenvalue weighted by molar-refractivity contribution is 5.88. The van der Waals surface area contributed by atoms with Crippen LogP contribution in [0, 0.1) is 0 Å². The lowest BCUT2D eigenvalue weighted by Gasteiger charge is -2.25. The van der Waals surface area contributed by atoms with Gasteiger partial charge in [0.05, 0.1) is 16.9 Å². The van der Waals surface area contributed by atoms with Crippen LogP contribution in [0.15, 0.2) is 103 Å². The predicted molar refractivity (Wildman–Crippen MR) is 177 cm³/mol. The normalized spacial score (nSPS) is 12.3. The largest absolute Gasteiger partial charge is 0.454 e. The van der Waals surface area contributed by atoms with E-state index in [-0.39, 0.29) is 6.79 Å². The van der Waals surface area contributed by atoms with Crippen molar-refractivity contribution in [2.75, 3.05) is 12.5 Å². The molecule has 0 saturated heterocycles. The summed E-state index contributed by atoms with van der Waals surface area (Å²) >= 11 is 0. The van der Waals surface area contributed by atoms with E-state index >= 15 is 0 Å². The topological polar surface area (TPSA) is 91.3 Å². The van der Waals surface area contributed by atoms with Gasteiger partial charge < -0.3 is 19.8 Å². The van der Waals surface area contributed by atoms with Crippen molar-refractivity contribution in [3.05, 3.63) is 120 Å². The van der Waals surface area contributed by atoms with Gasteiger partial charge in [-0.05, 0) is 41.8 Å². The van der Waals surface area contributed by atoms with Crippen molar-refractivity contribution in [1.29, 1.82) is 0 Å². The molecule has 6 aromatic rings. The minimum absolute atomic E-state index is 0.254. The standard InChI is InChI=1S/C37H36N6O2/c1-2-3-18-43-32(35(28-10-6-4-7-11-28)41-37(43)29-12-8-5-9-13-29)23-42(22-27-15-17-33-34(20-27)45-25-44-33)21-26-14-16-30-31(19-26)39-24-40-36(30)38/h4-17,19-20,24H,2-3,18,21-23,25H2,1H3,(H2,38,39,40). The summed E-state index contributed by atoms with van der Waals surface area (Å²) in [5.74, 6) is 3.06. The fourth-order valence-corrected chi connectivity index (χ4v) is 6.00. The lowest BCUT2D eigenvalue weighted by atomic mass is 10.1. The van der Waals surface area contributed by atoms with Crippen molar-refractivity contribution < 1.29 is 9.47 Å². The van der Waals surface area contributed by atoms with Gasteiger partial charge in [0.25, 0.3) is 0 Å². The first kappa shape index (κ1) is 28.6. The first-order chi connectivity index (χ1) is 22.2. The second-order valence-electron chi connectivity index (χ2n) is 11.4. The van der Waals surface area contributed by atoms with E-state index in [4.69, 9.17) is 20.2 Å². The van der Waals surface area contributed by atoms with Crippen LogP contribution in [0.25, 0.3) is 33.5 Å². The van der Waals surface area contributed by atoms with Gasteiger partial charge in [0.2, 0.25) is 6.79 Å². The number of nitrogens with zero attached hydrogens (tertiary/aromatic N) is 5. The van der Waals surface area contributed by atoms with E-state index < -0.39 is 0 Å². The Morgan fingerprint density at radius 2 is 1.49 bits per heavy atom. The molecule has 0 unspecified atom stereocenters. The van der Waals surface area contributed by atoms with Crippen LogP contribution in [0.2, 0.25) is 0 Å². The average molecular weight is 597 g/mol. The van der Waals surface area contributed by atoms with Gasteiger partial charge in [-0.3, -0.25) is 4.90 Å². The van der Waals surface area contributed by atoms with E-state index in [1.54, 1.807) is 0 Å². The number of nitrogens with two attached hydrogens (primary N) is 1. The Kier molecular flexibility index (Phi) is 8.12. The molecule has 2 N–H and O–H groups in total. The molecule has 0 saturated carbocycles.